The molecule has 1 N–H and O–H groups in total. The van der Waals surface area contributed by atoms with Crippen LogP contribution in [0.4, 0.5) is 5.69 Å². The number of rotatable bonds is 8. The summed E-state index contributed by atoms with van der Waals surface area (Å²) in [7, 11) is 0. The average Bonchev–Trinajstić information content (AvgIpc) is 2.57. The van der Waals surface area contributed by atoms with Gasteiger partial charge in [-0.2, -0.15) is 0 Å². The molecule has 2 unspecified atom stereocenters. The molecule has 2 rings (SSSR count). The lowest BCUT2D eigenvalue weighted by molar-refractivity contribution is -0.384. The second kappa shape index (κ2) is 8.48. The molecule has 0 bridgehead atoms. The van der Waals surface area contributed by atoms with Crippen LogP contribution in [0.15, 0.2) is 48.5 Å². The lowest BCUT2D eigenvalue weighted by atomic mass is 9.85. The van der Waals surface area contributed by atoms with Gasteiger partial charge < -0.3 is 5.11 Å². The number of phenolic OH excluding ortho intramolecular Hbond substituents is 1. The Morgan fingerprint density at radius 2 is 1.50 bits per heavy atom. The molecular formula is C20H25NO3. The molecule has 0 amide bonds. The van der Waals surface area contributed by atoms with Crippen LogP contribution in [-0.2, 0) is 12.8 Å². The van der Waals surface area contributed by atoms with Crippen LogP contribution in [0, 0.1) is 22.0 Å². The van der Waals surface area contributed by atoms with Gasteiger partial charge in [-0.25, -0.2) is 0 Å². The van der Waals surface area contributed by atoms with Crippen LogP contribution in [0.1, 0.15) is 37.8 Å². The minimum absolute atomic E-state index is 0.135. The monoisotopic (exact) mass is 327 g/mol. The summed E-state index contributed by atoms with van der Waals surface area (Å²) in [6.07, 6.45) is 4.12. The molecule has 2 aromatic carbocycles. The maximum Gasteiger partial charge on any atom is 0.269 e. The maximum absolute atomic E-state index is 10.8. The Morgan fingerprint density at radius 3 is 1.96 bits per heavy atom. The predicted octanol–water partition coefficient (Wildman–Crippen LogP) is 5.14. The number of aromatic hydroxyl groups is 1. The Hall–Kier alpha value is -2.36. The zero-order valence-corrected chi connectivity index (χ0v) is 14.3. The zero-order valence-electron chi connectivity index (χ0n) is 14.3. The van der Waals surface area contributed by atoms with Gasteiger partial charge in [-0.1, -0.05) is 44.5 Å². The van der Waals surface area contributed by atoms with E-state index in [0.29, 0.717) is 11.8 Å². The molecule has 4 nitrogen and oxygen atoms in total. The van der Waals surface area contributed by atoms with Crippen molar-refractivity contribution in [3.8, 4) is 5.75 Å². The van der Waals surface area contributed by atoms with Crippen LogP contribution >= 0.6 is 0 Å². The first-order chi connectivity index (χ1) is 11.5. The number of phenols is 1. The standard InChI is InChI=1S/C20H25NO3/c1-3-15(2)12-18(14-17-6-10-20(22)11-7-17)13-16-4-8-19(9-5-16)21(23)24/h4-11,15,18,22H,3,12-14H2,1-2H3. The highest BCUT2D eigenvalue weighted by atomic mass is 16.6. The van der Waals surface area contributed by atoms with Crippen molar-refractivity contribution in [3.63, 3.8) is 0 Å². The quantitative estimate of drug-likeness (QED) is 0.539. The van der Waals surface area contributed by atoms with Crippen molar-refractivity contribution in [1.29, 1.82) is 0 Å². The van der Waals surface area contributed by atoms with Crippen molar-refractivity contribution in [3.05, 3.63) is 69.8 Å². The van der Waals surface area contributed by atoms with E-state index < -0.39 is 0 Å². The highest BCUT2D eigenvalue weighted by Crippen LogP contribution is 2.25. The van der Waals surface area contributed by atoms with Crippen molar-refractivity contribution in [1.82, 2.24) is 0 Å². The Bertz CT molecular complexity index is 650. The van der Waals surface area contributed by atoms with E-state index in [0.717, 1.165) is 31.2 Å². The maximum atomic E-state index is 10.8. The third kappa shape index (κ3) is 5.37. The molecule has 0 saturated carbocycles. The Morgan fingerprint density at radius 1 is 1.00 bits per heavy atom. The van der Waals surface area contributed by atoms with Gasteiger partial charge in [-0.05, 0) is 54.4 Å². The van der Waals surface area contributed by atoms with Crippen LogP contribution in [-0.4, -0.2) is 10.0 Å². The number of nitrogens with zero attached hydrogens (tertiary/aromatic N) is 1. The topological polar surface area (TPSA) is 63.4 Å². The summed E-state index contributed by atoms with van der Waals surface area (Å²) < 4.78 is 0. The van der Waals surface area contributed by atoms with Crippen LogP contribution in [0.3, 0.4) is 0 Å². The Labute approximate surface area is 143 Å². The summed E-state index contributed by atoms with van der Waals surface area (Å²) in [6.45, 7) is 4.47. The fourth-order valence-corrected chi connectivity index (χ4v) is 3.03. The smallest absolute Gasteiger partial charge is 0.269 e. The molecule has 0 aliphatic heterocycles. The van der Waals surface area contributed by atoms with Gasteiger partial charge >= 0.3 is 0 Å². The third-order valence-electron chi connectivity index (χ3n) is 4.56. The predicted molar refractivity (Wildman–Crippen MR) is 96.2 cm³/mol. The van der Waals surface area contributed by atoms with Crippen molar-refractivity contribution < 1.29 is 10.0 Å². The minimum Gasteiger partial charge on any atom is -0.508 e. The van der Waals surface area contributed by atoms with Gasteiger partial charge in [0.05, 0.1) is 4.92 Å². The van der Waals surface area contributed by atoms with E-state index in [1.807, 2.05) is 24.3 Å². The first-order valence-corrected chi connectivity index (χ1v) is 8.49. The molecule has 2 aromatic rings. The van der Waals surface area contributed by atoms with Crippen LogP contribution in [0.2, 0.25) is 0 Å². The van der Waals surface area contributed by atoms with Gasteiger partial charge in [-0.3, -0.25) is 10.1 Å². The van der Waals surface area contributed by atoms with E-state index in [-0.39, 0.29) is 16.4 Å². The van der Waals surface area contributed by atoms with Gasteiger partial charge in [-0.15, -0.1) is 0 Å². The van der Waals surface area contributed by atoms with E-state index in [2.05, 4.69) is 13.8 Å². The van der Waals surface area contributed by atoms with Crippen molar-refractivity contribution in [2.45, 2.75) is 39.5 Å². The average molecular weight is 327 g/mol. The van der Waals surface area contributed by atoms with E-state index >= 15 is 0 Å². The molecule has 4 heteroatoms. The number of hydrogen-bond acceptors (Lipinski definition) is 3. The molecular weight excluding hydrogens is 302 g/mol. The molecule has 24 heavy (non-hydrogen) atoms. The second-order valence-corrected chi connectivity index (χ2v) is 6.61. The molecule has 0 aromatic heterocycles. The van der Waals surface area contributed by atoms with Gasteiger partial charge in [0.15, 0.2) is 0 Å². The first-order valence-electron chi connectivity index (χ1n) is 8.49. The summed E-state index contributed by atoms with van der Waals surface area (Å²) >= 11 is 0. The summed E-state index contributed by atoms with van der Waals surface area (Å²) in [6, 6.07) is 14.3. The number of non-ortho nitro benzene ring substituents is 1. The van der Waals surface area contributed by atoms with Gasteiger partial charge in [0.25, 0.3) is 5.69 Å². The molecule has 128 valence electrons. The molecule has 0 saturated heterocycles. The second-order valence-electron chi connectivity index (χ2n) is 6.61. The summed E-state index contributed by atoms with van der Waals surface area (Å²) in [5.74, 6) is 1.41. The molecule has 0 aliphatic rings. The van der Waals surface area contributed by atoms with Crippen molar-refractivity contribution >= 4 is 5.69 Å². The van der Waals surface area contributed by atoms with Gasteiger partial charge in [0, 0.05) is 12.1 Å². The molecule has 0 spiro atoms. The summed E-state index contributed by atoms with van der Waals surface area (Å²) in [4.78, 5) is 10.4. The SMILES string of the molecule is CCC(C)CC(Cc1ccc(O)cc1)Cc1ccc([N+](=O)[O-])cc1. The number of nitro groups is 1. The number of nitro benzene ring substituents is 1. The van der Waals surface area contributed by atoms with E-state index in [9.17, 15) is 15.2 Å². The van der Waals surface area contributed by atoms with E-state index in [4.69, 9.17) is 0 Å². The lowest BCUT2D eigenvalue weighted by Gasteiger charge is -2.21. The van der Waals surface area contributed by atoms with E-state index in [1.54, 1.807) is 24.3 Å². The summed E-state index contributed by atoms with van der Waals surface area (Å²) in [5, 5.41) is 20.2. The summed E-state index contributed by atoms with van der Waals surface area (Å²) in [5.41, 5.74) is 2.48. The fourth-order valence-electron chi connectivity index (χ4n) is 3.03. The lowest BCUT2D eigenvalue weighted by Crippen LogP contribution is -2.12. The zero-order chi connectivity index (χ0) is 17.5. The Kier molecular flexibility index (Phi) is 6.36. The van der Waals surface area contributed by atoms with Crippen LogP contribution in [0.25, 0.3) is 0 Å². The van der Waals surface area contributed by atoms with Crippen LogP contribution < -0.4 is 0 Å². The van der Waals surface area contributed by atoms with Crippen molar-refractivity contribution in [2.75, 3.05) is 0 Å². The fraction of sp³-hybridized carbons (Fsp3) is 0.400. The van der Waals surface area contributed by atoms with Gasteiger partial charge in [0.2, 0.25) is 0 Å². The van der Waals surface area contributed by atoms with Crippen LogP contribution in [0.5, 0.6) is 5.75 Å². The highest BCUT2D eigenvalue weighted by molar-refractivity contribution is 5.33. The molecule has 2 atom stereocenters. The largest absolute Gasteiger partial charge is 0.508 e. The molecule has 0 radical (unpaired) electrons. The molecule has 0 aliphatic carbocycles. The number of hydrogen-bond donors (Lipinski definition) is 1. The first kappa shape index (κ1) is 18.0. The van der Waals surface area contributed by atoms with E-state index in [1.165, 1.54) is 5.56 Å². The third-order valence-corrected chi connectivity index (χ3v) is 4.56. The van der Waals surface area contributed by atoms with Crippen molar-refractivity contribution in [2.24, 2.45) is 11.8 Å². The van der Waals surface area contributed by atoms with Gasteiger partial charge in [0.1, 0.15) is 5.75 Å². The Balaban J connectivity index is 2.09. The molecule has 0 fully saturated rings. The normalized spacial score (nSPS) is 13.4. The minimum atomic E-state index is -0.364. The molecule has 0 heterocycles. The number of benzene rings is 2. The highest BCUT2D eigenvalue weighted by Gasteiger charge is 2.15.